The average molecular weight is 401 g/mol. The van der Waals surface area contributed by atoms with Gasteiger partial charge in [0.05, 0.1) is 11.4 Å². The quantitative estimate of drug-likeness (QED) is 0.684. The third-order valence-corrected chi connectivity index (χ3v) is 5.57. The van der Waals surface area contributed by atoms with Crippen LogP contribution in [0.3, 0.4) is 0 Å². The minimum absolute atomic E-state index is 0.223. The summed E-state index contributed by atoms with van der Waals surface area (Å²) in [4.78, 5) is 27.3. The first-order valence-corrected chi connectivity index (χ1v) is 9.42. The molecular formula is C19H20FN5O2S. The van der Waals surface area contributed by atoms with Crippen LogP contribution in [0.5, 0.6) is 0 Å². The van der Waals surface area contributed by atoms with Crippen molar-refractivity contribution >= 4 is 39.1 Å². The maximum Gasteiger partial charge on any atom is 0.265 e. The van der Waals surface area contributed by atoms with Crippen LogP contribution in [0.15, 0.2) is 24.3 Å². The Morgan fingerprint density at radius 2 is 2.04 bits per heavy atom. The number of rotatable bonds is 5. The highest BCUT2D eigenvalue weighted by Crippen LogP contribution is 2.35. The number of aromatic nitrogens is 2. The summed E-state index contributed by atoms with van der Waals surface area (Å²) in [5.74, 6) is -1.13. The van der Waals surface area contributed by atoms with Gasteiger partial charge in [0.2, 0.25) is 0 Å². The number of carbonyl (C=O) groups is 2. The van der Waals surface area contributed by atoms with Gasteiger partial charge in [-0.2, -0.15) is 5.10 Å². The van der Waals surface area contributed by atoms with Crippen LogP contribution in [0.25, 0.3) is 10.2 Å². The normalized spacial score (nSPS) is 10.9. The molecule has 0 aliphatic heterocycles. The van der Waals surface area contributed by atoms with Gasteiger partial charge in [0.25, 0.3) is 11.8 Å². The molecule has 0 saturated carbocycles. The molecule has 2 aromatic heterocycles. The van der Waals surface area contributed by atoms with Gasteiger partial charge in [-0.1, -0.05) is 6.07 Å². The van der Waals surface area contributed by atoms with Crippen LogP contribution in [0.1, 0.15) is 31.3 Å². The second kappa shape index (κ2) is 7.89. The first kappa shape index (κ1) is 19.7. The molecule has 1 aromatic carbocycles. The molecule has 0 fully saturated rings. The van der Waals surface area contributed by atoms with Crippen molar-refractivity contribution in [1.82, 2.24) is 20.4 Å². The van der Waals surface area contributed by atoms with Gasteiger partial charge in [0, 0.05) is 31.1 Å². The maximum atomic E-state index is 13.2. The lowest BCUT2D eigenvalue weighted by Gasteiger charge is -2.17. The smallest absolute Gasteiger partial charge is 0.265 e. The van der Waals surface area contributed by atoms with Crippen molar-refractivity contribution in [2.45, 2.75) is 13.8 Å². The summed E-state index contributed by atoms with van der Waals surface area (Å²) in [6, 6.07) is 5.42. The lowest BCUT2D eigenvalue weighted by atomic mass is 10.1. The van der Waals surface area contributed by atoms with Crippen LogP contribution >= 0.6 is 11.3 Å². The number of anilines is 1. The van der Waals surface area contributed by atoms with E-state index in [1.807, 2.05) is 13.8 Å². The lowest BCUT2D eigenvalue weighted by molar-refractivity contribution is 0.0792. The second-order valence-electron chi connectivity index (χ2n) is 6.43. The van der Waals surface area contributed by atoms with Crippen LogP contribution in [0, 0.1) is 19.7 Å². The molecule has 0 unspecified atom stereocenters. The van der Waals surface area contributed by atoms with Gasteiger partial charge < -0.3 is 16.0 Å². The summed E-state index contributed by atoms with van der Waals surface area (Å²) < 4.78 is 13.2. The first-order valence-electron chi connectivity index (χ1n) is 8.60. The van der Waals surface area contributed by atoms with E-state index in [0.717, 1.165) is 22.7 Å². The van der Waals surface area contributed by atoms with Gasteiger partial charge in [0.1, 0.15) is 15.5 Å². The van der Waals surface area contributed by atoms with Crippen LogP contribution in [0.4, 0.5) is 10.1 Å². The number of halogens is 1. The highest BCUT2D eigenvalue weighted by atomic mass is 32.1. The standard InChI is InChI=1S/C19H20FN5O2S/c1-10-11(2)23-24-18-14(10)15(21)16(28-18)19(27)25(3)8-7-22-17(26)12-5-4-6-13(20)9-12/h4-6,9H,7-8,21H2,1-3H3,(H,22,26). The fourth-order valence-corrected chi connectivity index (χ4v) is 3.84. The third kappa shape index (κ3) is 3.79. The van der Waals surface area contributed by atoms with Gasteiger partial charge >= 0.3 is 0 Å². The Balaban J connectivity index is 1.66. The van der Waals surface area contributed by atoms with Gasteiger partial charge in [-0.05, 0) is 37.6 Å². The van der Waals surface area contributed by atoms with Crippen LogP contribution in [0.2, 0.25) is 0 Å². The van der Waals surface area contributed by atoms with E-state index in [0.29, 0.717) is 15.4 Å². The molecule has 3 aromatic rings. The Hall–Kier alpha value is -3.07. The molecule has 3 N–H and O–H groups in total. The predicted octanol–water partition coefficient (Wildman–Crippen LogP) is 2.53. The van der Waals surface area contributed by atoms with E-state index in [2.05, 4.69) is 15.5 Å². The Morgan fingerprint density at radius 3 is 2.75 bits per heavy atom. The number of thiophene rings is 1. The molecule has 0 bridgehead atoms. The first-order chi connectivity index (χ1) is 13.3. The molecule has 0 saturated heterocycles. The molecule has 146 valence electrons. The monoisotopic (exact) mass is 401 g/mol. The largest absolute Gasteiger partial charge is 0.397 e. The fourth-order valence-electron chi connectivity index (χ4n) is 2.74. The summed E-state index contributed by atoms with van der Waals surface area (Å²) in [6.07, 6.45) is 0. The lowest BCUT2D eigenvalue weighted by Crippen LogP contribution is -2.36. The Kier molecular flexibility index (Phi) is 5.55. The minimum atomic E-state index is -0.478. The number of nitrogens with two attached hydrogens (primary N) is 1. The predicted molar refractivity (Wildman–Crippen MR) is 107 cm³/mol. The number of hydrogen-bond donors (Lipinski definition) is 2. The highest BCUT2D eigenvalue weighted by molar-refractivity contribution is 7.21. The highest BCUT2D eigenvalue weighted by Gasteiger charge is 2.22. The number of nitrogens with one attached hydrogen (secondary N) is 1. The van der Waals surface area contributed by atoms with Crippen molar-refractivity contribution in [2.24, 2.45) is 0 Å². The molecule has 2 heterocycles. The van der Waals surface area contributed by atoms with Crippen molar-refractivity contribution in [2.75, 3.05) is 25.9 Å². The number of aryl methyl sites for hydroxylation is 2. The van der Waals surface area contributed by atoms with Crippen LogP contribution in [-0.4, -0.2) is 47.0 Å². The SMILES string of the molecule is Cc1nnc2sc(C(=O)N(C)CCNC(=O)c3cccc(F)c3)c(N)c2c1C. The van der Waals surface area contributed by atoms with Crippen molar-refractivity contribution < 1.29 is 14.0 Å². The van der Waals surface area contributed by atoms with Gasteiger partial charge in [0.15, 0.2) is 0 Å². The van der Waals surface area contributed by atoms with Gasteiger partial charge in [-0.3, -0.25) is 9.59 Å². The Morgan fingerprint density at radius 1 is 1.29 bits per heavy atom. The van der Waals surface area contributed by atoms with E-state index in [4.69, 9.17) is 5.73 Å². The van der Waals surface area contributed by atoms with Crippen molar-refractivity contribution in [3.63, 3.8) is 0 Å². The van der Waals surface area contributed by atoms with Crippen LogP contribution in [-0.2, 0) is 0 Å². The second-order valence-corrected chi connectivity index (χ2v) is 7.43. The summed E-state index contributed by atoms with van der Waals surface area (Å²) >= 11 is 1.20. The number of amides is 2. The summed E-state index contributed by atoms with van der Waals surface area (Å²) in [5.41, 5.74) is 8.51. The topological polar surface area (TPSA) is 101 Å². The van der Waals surface area contributed by atoms with Crippen molar-refractivity contribution in [3.05, 3.63) is 51.8 Å². The van der Waals surface area contributed by atoms with E-state index in [-0.39, 0.29) is 24.6 Å². The maximum absolute atomic E-state index is 13.2. The number of fused-ring (bicyclic) bond motifs is 1. The molecule has 9 heteroatoms. The van der Waals surface area contributed by atoms with E-state index >= 15 is 0 Å². The molecule has 3 rings (SSSR count). The van der Waals surface area contributed by atoms with Gasteiger partial charge in [-0.25, -0.2) is 4.39 Å². The fraction of sp³-hybridized carbons (Fsp3) is 0.263. The minimum Gasteiger partial charge on any atom is -0.397 e. The zero-order valence-electron chi connectivity index (χ0n) is 15.7. The zero-order chi connectivity index (χ0) is 20.4. The zero-order valence-corrected chi connectivity index (χ0v) is 16.6. The number of nitrogens with zero attached hydrogens (tertiary/aromatic N) is 3. The van der Waals surface area contributed by atoms with E-state index < -0.39 is 11.7 Å². The number of nitrogen functional groups attached to an aromatic ring is 1. The summed E-state index contributed by atoms with van der Waals surface area (Å²) in [5, 5.41) is 11.6. The number of benzene rings is 1. The summed E-state index contributed by atoms with van der Waals surface area (Å²) in [6.45, 7) is 4.24. The molecule has 2 amide bonds. The third-order valence-electron chi connectivity index (χ3n) is 4.50. The molecular weight excluding hydrogens is 381 g/mol. The van der Waals surface area contributed by atoms with Crippen molar-refractivity contribution in [1.29, 1.82) is 0 Å². The molecule has 0 aliphatic rings. The van der Waals surface area contributed by atoms with E-state index in [9.17, 15) is 14.0 Å². The van der Waals surface area contributed by atoms with Crippen molar-refractivity contribution in [3.8, 4) is 0 Å². The molecule has 28 heavy (non-hydrogen) atoms. The number of likely N-dealkylation sites (N-methyl/N-ethyl adjacent to an activating group) is 1. The van der Waals surface area contributed by atoms with E-state index in [1.165, 1.54) is 34.4 Å². The average Bonchev–Trinajstić information content (AvgIpc) is 3.01. The van der Waals surface area contributed by atoms with Crippen LogP contribution < -0.4 is 11.1 Å². The summed E-state index contributed by atoms with van der Waals surface area (Å²) in [7, 11) is 1.63. The van der Waals surface area contributed by atoms with Gasteiger partial charge in [-0.15, -0.1) is 16.4 Å². The Labute approximate surface area is 165 Å². The molecule has 0 atom stereocenters. The Bertz CT molecular complexity index is 1070. The molecule has 0 spiro atoms. The van der Waals surface area contributed by atoms with E-state index in [1.54, 1.807) is 7.05 Å². The molecule has 7 nitrogen and oxygen atoms in total. The number of hydrogen-bond acceptors (Lipinski definition) is 6. The number of carbonyl (C=O) groups excluding carboxylic acids is 2. The molecule has 0 radical (unpaired) electrons. The molecule has 0 aliphatic carbocycles.